The first-order valence-corrected chi connectivity index (χ1v) is 8.63. The van der Waals surface area contributed by atoms with Gasteiger partial charge in [-0.1, -0.05) is 31.6 Å². The lowest BCUT2D eigenvalue weighted by molar-refractivity contribution is 0.102. The summed E-state index contributed by atoms with van der Waals surface area (Å²) in [7, 11) is 0. The van der Waals surface area contributed by atoms with Gasteiger partial charge in [-0.15, -0.1) is 0 Å². The number of aromatic nitrogens is 1. The van der Waals surface area contributed by atoms with Gasteiger partial charge in [-0.05, 0) is 44.0 Å². The number of halogens is 1. The smallest absolute Gasteiger partial charge is 0.259 e. The summed E-state index contributed by atoms with van der Waals surface area (Å²) in [6.07, 6.45) is 6.90. The monoisotopic (exact) mass is 357 g/mol. The van der Waals surface area contributed by atoms with Crippen LogP contribution in [0.25, 0.3) is 0 Å². The van der Waals surface area contributed by atoms with Crippen LogP contribution in [0.2, 0.25) is 0 Å². The number of amides is 1. The van der Waals surface area contributed by atoms with Crippen LogP contribution in [-0.4, -0.2) is 17.5 Å². The van der Waals surface area contributed by atoms with Crippen molar-refractivity contribution in [2.75, 3.05) is 17.7 Å². The quantitative estimate of drug-likeness (QED) is 0.539. The number of hydrogen-bond acceptors (Lipinski definition) is 4. The van der Waals surface area contributed by atoms with Crippen molar-refractivity contribution in [2.45, 2.75) is 33.1 Å². The van der Waals surface area contributed by atoms with Gasteiger partial charge < -0.3 is 15.8 Å². The highest BCUT2D eigenvalue weighted by Crippen LogP contribution is 2.25. The molecule has 0 aliphatic rings. The molecule has 0 radical (unpaired) electrons. The van der Waals surface area contributed by atoms with Crippen LogP contribution in [0, 0.1) is 12.7 Å². The number of hydrogen-bond donors (Lipinski definition) is 2. The van der Waals surface area contributed by atoms with Crippen LogP contribution < -0.4 is 15.8 Å². The Kier molecular flexibility index (Phi) is 7.14. The molecule has 0 aliphatic heterocycles. The maximum absolute atomic E-state index is 14.5. The van der Waals surface area contributed by atoms with Crippen molar-refractivity contribution in [3.05, 3.63) is 59.6 Å². The number of nitrogen functional groups attached to an aromatic ring is 1. The summed E-state index contributed by atoms with van der Waals surface area (Å²) in [6.45, 7) is 4.25. The summed E-state index contributed by atoms with van der Waals surface area (Å²) >= 11 is 0. The zero-order chi connectivity index (χ0) is 18.9. The van der Waals surface area contributed by atoms with Crippen molar-refractivity contribution in [1.82, 2.24) is 4.98 Å². The predicted molar refractivity (Wildman–Crippen MR) is 102 cm³/mol. The van der Waals surface area contributed by atoms with Gasteiger partial charge in [-0.3, -0.25) is 4.79 Å². The van der Waals surface area contributed by atoms with Crippen LogP contribution in [0.1, 0.15) is 42.2 Å². The third kappa shape index (κ3) is 5.31. The molecule has 0 saturated carbocycles. The van der Waals surface area contributed by atoms with E-state index >= 15 is 0 Å². The van der Waals surface area contributed by atoms with E-state index in [-0.39, 0.29) is 22.8 Å². The van der Waals surface area contributed by atoms with Gasteiger partial charge in [0.25, 0.3) is 5.91 Å². The summed E-state index contributed by atoms with van der Waals surface area (Å²) in [4.78, 5) is 16.4. The first kappa shape index (κ1) is 19.4. The van der Waals surface area contributed by atoms with Crippen LogP contribution in [0.5, 0.6) is 5.75 Å². The minimum Gasteiger partial charge on any atom is -0.490 e. The minimum absolute atomic E-state index is 0.0361. The highest BCUT2D eigenvalue weighted by molar-refractivity contribution is 6.07. The van der Waals surface area contributed by atoms with E-state index in [9.17, 15) is 9.18 Å². The fourth-order valence-electron chi connectivity index (χ4n) is 2.32. The van der Waals surface area contributed by atoms with E-state index in [0.717, 1.165) is 12.8 Å². The molecule has 138 valence electrons. The fourth-order valence-corrected chi connectivity index (χ4v) is 2.32. The van der Waals surface area contributed by atoms with Crippen LogP contribution in [0.15, 0.2) is 42.5 Å². The predicted octanol–water partition coefficient (Wildman–Crippen LogP) is 4.49. The van der Waals surface area contributed by atoms with E-state index in [2.05, 4.69) is 23.3 Å². The summed E-state index contributed by atoms with van der Waals surface area (Å²) in [5.41, 5.74) is 6.70. The molecule has 1 aromatic heterocycles. The molecule has 2 aromatic rings. The molecular weight excluding hydrogens is 333 g/mol. The second-order valence-electron chi connectivity index (χ2n) is 5.85. The zero-order valence-electron chi connectivity index (χ0n) is 15.1. The molecule has 5 nitrogen and oxygen atoms in total. The molecule has 1 amide bonds. The Morgan fingerprint density at radius 1 is 1.27 bits per heavy atom. The largest absolute Gasteiger partial charge is 0.490 e. The Bertz CT molecular complexity index is 791. The molecule has 0 saturated heterocycles. The molecule has 0 fully saturated rings. The van der Waals surface area contributed by atoms with E-state index in [1.54, 1.807) is 25.1 Å². The number of carbonyl (C=O) groups excluding carboxylic acids is 1. The molecule has 0 spiro atoms. The molecule has 2 rings (SSSR count). The van der Waals surface area contributed by atoms with Crippen LogP contribution in [0.4, 0.5) is 15.9 Å². The Hall–Kier alpha value is -2.89. The topological polar surface area (TPSA) is 77.2 Å². The van der Waals surface area contributed by atoms with Gasteiger partial charge in [0.05, 0.1) is 17.9 Å². The number of benzene rings is 1. The Morgan fingerprint density at radius 2 is 2.04 bits per heavy atom. The molecule has 6 heteroatoms. The lowest BCUT2D eigenvalue weighted by Crippen LogP contribution is -2.16. The first-order valence-electron chi connectivity index (χ1n) is 8.63. The summed E-state index contributed by atoms with van der Waals surface area (Å²) in [5, 5.41) is 2.52. The SMILES string of the molecule is CCCC=CCCOc1cccc(NC(=O)c2ccc(C)nc2N)c1F. The van der Waals surface area contributed by atoms with Crippen LogP contribution in [0.3, 0.4) is 0 Å². The fraction of sp³-hybridized carbons (Fsp3) is 0.300. The number of allylic oxidation sites excluding steroid dienone is 1. The van der Waals surface area contributed by atoms with E-state index in [4.69, 9.17) is 10.5 Å². The molecule has 3 N–H and O–H groups in total. The molecule has 1 heterocycles. The standard InChI is InChI=1S/C20H24FN3O2/c1-3-4-5-6-7-13-26-17-10-8-9-16(18(17)21)24-20(25)15-12-11-14(2)23-19(15)22/h5-6,8-12H,3-4,7,13H2,1-2H3,(H2,22,23)(H,24,25). The number of carbonyl (C=O) groups is 1. The third-order valence-corrected chi connectivity index (χ3v) is 3.68. The Morgan fingerprint density at radius 3 is 2.77 bits per heavy atom. The average Bonchev–Trinajstić information content (AvgIpc) is 2.60. The number of ether oxygens (including phenoxy) is 1. The first-order chi connectivity index (χ1) is 12.5. The molecule has 0 aliphatic carbocycles. The van der Waals surface area contributed by atoms with Gasteiger partial charge >= 0.3 is 0 Å². The van der Waals surface area contributed by atoms with Crippen molar-refractivity contribution in [2.24, 2.45) is 0 Å². The van der Waals surface area contributed by atoms with Crippen molar-refractivity contribution in [1.29, 1.82) is 0 Å². The summed E-state index contributed by atoms with van der Waals surface area (Å²) in [6, 6.07) is 7.86. The van der Waals surface area contributed by atoms with Crippen molar-refractivity contribution < 1.29 is 13.9 Å². The van der Waals surface area contributed by atoms with E-state index in [0.29, 0.717) is 18.7 Å². The number of aryl methyl sites for hydroxylation is 1. The lowest BCUT2D eigenvalue weighted by Gasteiger charge is -2.11. The van der Waals surface area contributed by atoms with Gasteiger partial charge in [-0.2, -0.15) is 0 Å². The number of nitrogens with two attached hydrogens (primary N) is 1. The van der Waals surface area contributed by atoms with E-state index in [1.165, 1.54) is 12.1 Å². The van der Waals surface area contributed by atoms with Crippen LogP contribution >= 0.6 is 0 Å². The zero-order valence-corrected chi connectivity index (χ0v) is 15.1. The molecule has 0 atom stereocenters. The Balaban J connectivity index is 2.02. The molecule has 1 aromatic carbocycles. The summed E-state index contributed by atoms with van der Waals surface area (Å²) < 4.78 is 20.0. The van der Waals surface area contributed by atoms with Gasteiger partial charge in [0.15, 0.2) is 11.6 Å². The summed E-state index contributed by atoms with van der Waals surface area (Å²) in [5.74, 6) is -0.929. The maximum atomic E-state index is 14.5. The minimum atomic E-state index is -0.614. The third-order valence-electron chi connectivity index (χ3n) is 3.68. The highest BCUT2D eigenvalue weighted by atomic mass is 19.1. The highest BCUT2D eigenvalue weighted by Gasteiger charge is 2.15. The number of nitrogens with one attached hydrogen (secondary N) is 1. The number of anilines is 2. The van der Waals surface area contributed by atoms with Gasteiger partial charge in [0.1, 0.15) is 5.82 Å². The second-order valence-corrected chi connectivity index (χ2v) is 5.85. The maximum Gasteiger partial charge on any atom is 0.259 e. The van der Waals surface area contributed by atoms with Gasteiger partial charge in [0.2, 0.25) is 0 Å². The number of unbranched alkanes of at least 4 members (excludes halogenated alkanes) is 1. The lowest BCUT2D eigenvalue weighted by atomic mass is 10.2. The second kappa shape index (κ2) is 9.56. The van der Waals surface area contributed by atoms with Crippen molar-refractivity contribution in [3.8, 4) is 5.75 Å². The number of rotatable bonds is 8. The van der Waals surface area contributed by atoms with E-state index in [1.807, 2.05) is 6.08 Å². The molecule has 26 heavy (non-hydrogen) atoms. The molecular formula is C20H24FN3O2. The number of nitrogens with zero attached hydrogens (tertiary/aromatic N) is 1. The van der Waals surface area contributed by atoms with Crippen molar-refractivity contribution in [3.63, 3.8) is 0 Å². The molecule has 0 bridgehead atoms. The van der Waals surface area contributed by atoms with Gasteiger partial charge in [-0.25, -0.2) is 9.37 Å². The normalized spacial score (nSPS) is 10.9. The van der Waals surface area contributed by atoms with Crippen molar-refractivity contribution >= 4 is 17.4 Å². The molecule has 0 unspecified atom stereocenters. The van der Waals surface area contributed by atoms with Gasteiger partial charge in [0, 0.05) is 5.69 Å². The average molecular weight is 357 g/mol. The van der Waals surface area contributed by atoms with E-state index < -0.39 is 11.7 Å². The Labute approximate surface area is 153 Å². The number of pyridine rings is 1. The van der Waals surface area contributed by atoms with Crippen LogP contribution in [-0.2, 0) is 0 Å².